The molecule has 0 aromatic heterocycles. The Bertz CT molecular complexity index is 842. The molecule has 2 aliphatic rings. The van der Waals surface area contributed by atoms with Gasteiger partial charge in [0.1, 0.15) is 17.8 Å². The van der Waals surface area contributed by atoms with Crippen LogP contribution in [0.5, 0.6) is 0 Å². The molecule has 1 unspecified atom stereocenters. The van der Waals surface area contributed by atoms with Gasteiger partial charge in [-0.25, -0.2) is 0 Å². The highest BCUT2D eigenvalue weighted by Crippen LogP contribution is 2.33. The van der Waals surface area contributed by atoms with E-state index in [4.69, 9.17) is 14.2 Å². The monoisotopic (exact) mass is 670 g/mol. The molecule has 2 heterocycles. The van der Waals surface area contributed by atoms with Crippen LogP contribution in [0.15, 0.2) is 11.6 Å². The molecule has 39 heavy (non-hydrogen) atoms. The van der Waals surface area contributed by atoms with E-state index in [-0.39, 0.29) is 18.1 Å². The molecular formula is C28H51IN2O8. The van der Waals surface area contributed by atoms with Crippen molar-refractivity contribution in [3.05, 3.63) is 11.6 Å². The number of hydrogen-bond acceptors (Lipinski definition) is 10. The number of nitrogens with zero attached hydrogens (tertiary/aromatic N) is 2. The molecule has 1 fully saturated rings. The zero-order valence-electron chi connectivity index (χ0n) is 25.1. The minimum absolute atomic E-state index is 0.0199. The van der Waals surface area contributed by atoms with Crippen LogP contribution in [0.25, 0.3) is 0 Å². The van der Waals surface area contributed by atoms with E-state index in [1.807, 2.05) is 87.3 Å². The Hall–Kier alpha value is -0.380. The summed E-state index contributed by atoms with van der Waals surface area (Å²) in [6.45, 7) is 13.1. The largest absolute Gasteiger partial charge is 0.448 e. The molecule has 228 valence electrons. The predicted octanol–water partition coefficient (Wildman–Crippen LogP) is 1.76. The summed E-state index contributed by atoms with van der Waals surface area (Å²) < 4.78 is 17.0. The molecule has 0 bridgehead atoms. The van der Waals surface area contributed by atoms with Gasteiger partial charge in [0.15, 0.2) is 10.4 Å². The predicted molar refractivity (Wildman–Crippen MR) is 157 cm³/mol. The summed E-state index contributed by atoms with van der Waals surface area (Å²) >= 11 is 1.81. The second-order valence-electron chi connectivity index (χ2n) is 12.3. The molecule has 2 rings (SSSR count). The van der Waals surface area contributed by atoms with Crippen LogP contribution in [-0.2, 0) is 19.0 Å². The number of carbonyl (C=O) groups is 1. The lowest BCUT2D eigenvalue weighted by Gasteiger charge is -2.43. The Kier molecular flexibility index (Phi) is 12.7. The number of ether oxygens (including phenoxy) is 3. The molecule has 0 spiro atoms. The van der Waals surface area contributed by atoms with Gasteiger partial charge < -0.3 is 44.4 Å². The average Bonchev–Trinajstić information content (AvgIpc) is 2.85. The molecule has 13 atom stereocenters. The molecule has 1 saturated heterocycles. The molecule has 0 radical (unpaired) electrons. The molecule has 4 N–H and O–H groups in total. The maximum atomic E-state index is 13.1. The van der Waals surface area contributed by atoms with Gasteiger partial charge in [0, 0.05) is 24.5 Å². The van der Waals surface area contributed by atoms with Crippen molar-refractivity contribution in [3.63, 3.8) is 0 Å². The van der Waals surface area contributed by atoms with Gasteiger partial charge in [0.25, 0.3) is 0 Å². The molecular weight excluding hydrogens is 619 g/mol. The highest BCUT2D eigenvalue weighted by molar-refractivity contribution is 14.1. The average molecular weight is 671 g/mol. The van der Waals surface area contributed by atoms with Crippen molar-refractivity contribution >= 4 is 28.6 Å². The first-order valence-corrected chi connectivity index (χ1v) is 15.1. The number of carbonyl (C=O) groups excluding carboxylic acids is 1. The van der Waals surface area contributed by atoms with Gasteiger partial charge in [-0.05, 0) is 96.3 Å². The van der Waals surface area contributed by atoms with E-state index < -0.39 is 64.3 Å². The molecule has 0 aromatic carbocycles. The zero-order chi connectivity index (χ0) is 30.0. The summed E-state index contributed by atoms with van der Waals surface area (Å²) in [5.74, 6) is -2.19. The van der Waals surface area contributed by atoms with Crippen molar-refractivity contribution in [3.8, 4) is 0 Å². The first-order valence-electron chi connectivity index (χ1n) is 13.9. The Morgan fingerprint density at radius 3 is 2.28 bits per heavy atom. The number of likely N-dealkylation sites (N-methyl/N-ethyl adjacent to an activating group) is 2. The quantitative estimate of drug-likeness (QED) is 0.153. The first-order chi connectivity index (χ1) is 17.9. The van der Waals surface area contributed by atoms with Crippen LogP contribution in [0.4, 0.5) is 0 Å². The fraction of sp³-hybridized carbons (Fsp3) is 0.893. The van der Waals surface area contributed by atoms with Crippen molar-refractivity contribution in [1.29, 1.82) is 0 Å². The summed E-state index contributed by atoms with van der Waals surface area (Å²) in [5, 5.41) is 44.6. The molecule has 0 saturated carbocycles. The van der Waals surface area contributed by atoms with Crippen molar-refractivity contribution < 1.29 is 39.4 Å². The van der Waals surface area contributed by atoms with Crippen LogP contribution in [0.2, 0.25) is 0 Å². The number of rotatable bonds is 3. The molecule has 10 nitrogen and oxygen atoms in total. The lowest BCUT2D eigenvalue weighted by Crippen LogP contribution is -2.57. The summed E-state index contributed by atoms with van der Waals surface area (Å²) in [6.07, 6.45) is -2.28. The molecule has 0 aliphatic carbocycles. The van der Waals surface area contributed by atoms with Crippen LogP contribution < -0.4 is 0 Å². The Morgan fingerprint density at radius 2 is 1.72 bits per heavy atom. The Labute approximate surface area is 247 Å². The van der Waals surface area contributed by atoms with E-state index >= 15 is 0 Å². The molecule has 0 amide bonds. The molecule has 11 heteroatoms. The minimum Gasteiger partial charge on any atom is -0.448 e. The summed E-state index contributed by atoms with van der Waals surface area (Å²) in [7, 11) is 5.69. The summed E-state index contributed by atoms with van der Waals surface area (Å²) in [5.41, 5.74) is -0.893. The van der Waals surface area contributed by atoms with Gasteiger partial charge >= 0.3 is 5.97 Å². The highest BCUT2D eigenvalue weighted by Gasteiger charge is 2.46. The number of aliphatic hydroxyl groups excluding tert-OH is 3. The Morgan fingerprint density at radius 1 is 1.13 bits per heavy atom. The number of halogens is 1. The van der Waals surface area contributed by atoms with Crippen molar-refractivity contribution in [2.24, 2.45) is 17.8 Å². The third kappa shape index (κ3) is 8.35. The van der Waals surface area contributed by atoms with Crippen LogP contribution >= 0.6 is 22.6 Å². The van der Waals surface area contributed by atoms with Crippen molar-refractivity contribution in [2.75, 3.05) is 27.7 Å². The second-order valence-corrected chi connectivity index (χ2v) is 13.4. The number of aliphatic hydroxyl groups is 4. The topological polar surface area (TPSA) is 132 Å². The molecule has 0 aromatic rings. The van der Waals surface area contributed by atoms with Gasteiger partial charge in [0.05, 0.1) is 24.2 Å². The zero-order valence-corrected chi connectivity index (χ0v) is 27.3. The van der Waals surface area contributed by atoms with Gasteiger partial charge in [0.2, 0.25) is 0 Å². The maximum Gasteiger partial charge on any atom is 0.312 e. The third-order valence-electron chi connectivity index (χ3n) is 8.46. The summed E-state index contributed by atoms with van der Waals surface area (Å²) in [6, 6.07) is -0.602. The second kappa shape index (κ2) is 14.2. The van der Waals surface area contributed by atoms with Crippen molar-refractivity contribution in [2.45, 2.75) is 113 Å². The van der Waals surface area contributed by atoms with Gasteiger partial charge in [-0.1, -0.05) is 19.9 Å². The van der Waals surface area contributed by atoms with Crippen LogP contribution in [0.3, 0.4) is 0 Å². The molecule has 2 aliphatic heterocycles. The third-order valence-corrected chi connectivity index (χ3v) is 9.97. The fourth-order valence-corrected chi connectivity index (χ4v) is 6.25. The van der Waals surface area contributed by atoms with E-state index in [1.54, 1.807) is 13.8 Å². The lowest BCUT2D eigenvalue weighted by atomic mass is 9.85. The highest BCUT2D eigenvalue weighted by atomic mass is 127. The van der Waals surface area contributed by atoms with E-state index in [1.165, 1.54) is 6.92 Å². The number of hydrogen-bond donors (Lipinski definition) is 4. The van der Waals surface area contributed by atoms with Crippen LogP contribution in [-0.4, -0.2) is 122 Å². The number of alkyl halides is 1. The lowest BCUT2D eigenvalue weighted by molar-refractivity contribution is -0.271. The van der Waals surface area contributed by atoms with E-state index in [9.17, 15) is 25.2 Å². The van der Waals surface area contributed by atoms with Gasteiger partial charge in [-0.2, -0.15) is 0 Å². The smallest absolute Gasteiger partial charge is 0.312 e. The van der Waals surface area contributed by atoms with Crippen molar-refractivity contribution in [1.82, 2.24) is 9.80 Å². The van der Waals surface area contributed by atoms with Crippen LogP contribution in [0, 0.1) is 17.8 Å². The van der Waals surface area contributed by atoms with Crippen LogP contribution in [0.1, 0.15) is 54.9 Å². The summed E-state index contributed by atoms with van der Waals surface area (Å²) in [4.78, 5) is 17.0. The van der Waals surface area contributed by atoms with E-state index in [0.717, 1.165) is 5.57 Å². The number of esters is 1. The Balaban J connectivity index is 2.48. The maximum absolute atomic E-state index is 13.1. The minimum atomic E-state index is -1.73. The van der Waals surface area contributed by atoms with Gasteiger partial charge in [-0.15, -0.1) is 0 Å². The first kappa shape index (κ1) is 34.8. The standard InChI is InChI=1S/C28H51IN2O8/c1-14-11-15(2)23(38-26-22(33)20(30(8)9)12-16(3)37-26)17(4)21(32)18(5)25(35)39-27(29)28(7,36)24(34)19(6)31(10)13-14/h11,14,16-24,26-27,32-34,36H,12-13H2,1-10H3/b15-11+/t14-,16-,17+,18-,19-,20+,21?,22-,23+,24-,26+,27+,28+/m1/s1. The normalized spacial score (nSPS) is 47.6. The number of cyclic esters (lactones) is 1. The van der Waals surface area contributed by atoms with Gasteiger partial charge in [-0.3, -0.25) is 4.79 Å². The fourth-order valence-electron chi connectivity index (χ4n) is 5.63. The van der Waals surface area contributed by atoms with E-state index in [2.05, 4.69) is 0 Å². The van der Waals surface area contributed by atoms with E-state index in [0.29, 0.717) is 13.0 Å². The SMILES string of the molecule is C/C1=C\[C@@H](C)CN(C)[C@H](C)[C@@H](O)[C@](C)(O)[C@@H](I)OC(=O)[C@H](C)C(O)[C@H](C)[C@H]1O[C@@H]1O[C@H](C)C[C@H](N(C)C)[C@H]1O.